The third-order valence-electron chi connectivity index (χ3n) is 2.27. The van der Waals surface area contributed by atoms with Gasteiger partial charge in [0, 0.05) is 0 Å². The minimum atomic E-state index is -2.17. The third kappa shape index (κ3) is 4.00. The van der Waals surface area contributed by atoms with Gasteiger partial charge in [-0.05, 0) is 5.56 Å². The first kappa shape index (κ1) is 17.1. The Bertz CT molecular complexity index is 590. The van der Waals surface area contributed by atoms with Gasteiger partial charge in [0.05, 0.1) is 5.56 Å². The van der Waals surface area contributed by atoms with Crippen molar-refractivity contribution in [2.24, 2.45) is 0 Å². The number of hydrogen-bond acceptors (Lipinski definition) is 3. The van der Waals surface area contributed by atoms with Crippen molar-refractivity contribution in [3.05, 3.63) is 59.4 Å². The predicted octanol–water partition coefficient (Wildman–Crippen LogP) is 2.00. The Morgan fingerprint density at radius 2 is 0.952 bits per heavy atom. The fourth-order valence-corrected chi connectivity index (χ4v) is 1.46. The molecule has 3 nitrogen and oxygen atoms in total. The molecule has 3 N–H and O–H groups in total. The highest BCUT2D eigenvalue weighted by atomic mass is 19.2. The average molecular weight is 306 g/mol. The van der Waals surface area contributed by atoms with Crippen molar-refractivity contribution in [2.45, 2.75) is 0 Å². The van der Waals surface area contributed by atoms with Gasteiger partial charge in [-0.25, -0.2) is 22.0 Å². The topological polar surface area (TPSA) is 60.7 Å². The number of rotatable bonds is 1. The maximum atomic E-state index is 13.4. The van der Waals surface area contributed by atoms with Gasteiger partial charge in [-0.1, -0.05) is 30.3 Å². The largest absolute Gasteiger partial charge is 0.631 e. The summed E-state index contributed by atoms with van der Waals surface area (Å²) >= 11 is 0. The molecule has 0 aliphatic carbocycles. The lowest BCUT2D eigenvalue weighted by atomic mass is 10.0. The Morgan fingerprint density at radius 3 is 1.33 bits per heavy atom. The summed E-state index contributed by atoms with van der Waals surface area (Å²) in [5, 5.41) is 21.5. The van der Waals surface area contributed by atoms with E-state index in [0.29, 0.717) is 0 Å². The predicted molar refractivity (Wildman–Crippen MR) is 64.1 cm³/mol. The molecule has 9 heteroatoms. The normalized spacial score (nSPS) is 9.90. The van der Waals surface area contributed by atoms with E-state index >= 15 is 0 Å². The summed E-state index contributed by atoms with van der Waals surface area (Å²) in [6.07, 6.45) is 0. The summed E-state index contributed by atoms with van der Waals surface area (Å²) in [4.78, 5) is 0. The molecule has 2 rings (SSSR count). The summed E-state index contributed by atoms with van der Waals surface area (Å²) in [5.41, 5.74) is -0.984. The second-order valence-corrected chi connectivity index (χ2v) is 3.66. The molecule has 0 radical (unpaired) electrons. The van der Waals surface area contributed by atoms with Crippen molar-refractivity contribution in [2.75, 3.05) is 0 Å². The number of hydrogen-bond donors (Lipinski definition) is 3. The smallest absolute Gasteiger partial charge is 0.402 e. The Kier molecular flexibility index (Phi) is 5.83. The Labute approximate surface area is 116 Å². The van der Waals surface area contributed by atoms with E-state index in [1.165, 1.54) is 24.3 Å². The fraction of sp³-hybridized carbons (Fsp3) is 0. The molecule has 0 atom stereocenters. The van der Waals surface area contributed by atoms with E-state index in [-0.39, 0.29) is 5.56 Å². The molecular formula is C12H8BF5O3. The van der Waals surface area contributed by atoms with Crippen LogP contribution in [0.3, 0.4) is 0 Å². The lowest BCUT2D eigenvalue weighted by molar-refractivity contribution is 0.278. The van der Waals surface area contributed by atoms with Gasteiger partial charge in [0.1, 0.15) is 0 Å². The molecule has 0 saturated carbocycles. The van der Waals surface area contributed by atoms with Crippen molar-refractivity contribution < 1.29 is 37.0 Å². The van der Waals surface area contributed by atoms with E-state index in [4.69, 9.17) is 15.1 Å². The lowest BCUT2D eigenvalue weighted by Gasteiger charge is -2.07. The first-order valence-corrected chi connectivity index (χ1v) is 5.38. The molecule has 21 heavy (non-hydrogen) atoms. The first-order chi connectivity index (χ1) is 9.77. The second-order valence-electron chi connectivity index (χ2n) is 3.66. The van der Waals surface area contributed by atoms with E-state index in [0.717, 1.165) is 0 Å². The van der Waals surface area contributed by atoms with Gasteiger partial charge in [0.15, 0.2) is 23.3 Å². The maximum absolute atomic E-state index is 13.4. The van der Waals surface area contributed by atoms with E-state index in [1.807, 2.05) is 0 Å². The second kappa shape index (κ2) is 7.16. The average Bonchev–Trinajstić information content (AvgIpc) is 2.44. The van der Waals surface area contributed by atoms with Crippen LogP contribution in [-0.2, 0) is 0 Å². The standard InChI is InChI=1S/C12H5F5.BH3O3/c13-8-7(6-4-2-1-3-5-6)9(14)11(16)12(17)10(8)15;2-1(3)4/h1-5H;2-4H. The van der Waals surface area contributed by atoms with Gasteiger partial charge in [-0.15, -0.1) is 0 Å². The van der Waals surface area contributed by atoms with Crippen molar-refractivity contribution >= 4 is 7.32 Å². The monoisotopic (exact) mass is 306 g/mol. The van der Waals surface area contributed by atoms with E-state index in [1.54, 1.807) is 6.07 Å². The van der Waals surface area contributed by atoms with Crippen LogP contribution in [0.15, 0.2) is 30.3 Å². The Morgan fingerprint density at radius 1 is 0.619 bits per heavy atom. The van der Waals surface area contributed by atoms with Crippen LogP contribution in [0.25, 0.3) is 11.1 Å². The molecule has 0 saturated heterocycles. The minimum Gasteiger partial charge on any atom is -0.402 e. The van der Waals surface area contributed by atoms with Crippen molar-refractivity contribution in [1.29, 1.82) is 0 Å². The van der Waals surface area contributed by atoms with E-state index < -0.39 is 42.0 Å². The SMILES string of the molecule is Fc1c(F)c(F)c(-c2ccccc2)c(F)c1F.OB(O)O. The van der Waals surface area contributed by atoms with E-state index in [9.17, 15) is 22.0 Å². The van der Waals surface area contributed by atoms with Gasteiger partial charge in [0.2, 0.25) is 5.82 Å². The summed E-state index contributed by atoms with van der Waals surface area (Å²) in [6.45, 7) is 0. The molecule has 0 unspecified atom stereocenters. The van der Waals surface area contributed by atoms with Gasteiger partial charge in [0.25, 0.3) is 0 Å². The zero-order chi connectivity index (χ0) is 16.2. The highest BCUT2D eigenvalue weighted by Crippen LogP contribution is 2.31. The summed E-state index contributed by atoms with van der Waals surface area (Å²) in [7, 11) is -2.17. The molecular weight excluding hydrogens is 298 g/mol. The Hall–Kier alpha value is -1.97. The lowest BCUT2D eigenvalue weighted by Crippen LogP contribution is -2.07. The van der Waals surface area contributed by atoms with Crippen LogP contribution >= 0.6 is 0 Å². The molecule has 0 spiro atoms. The van der Waals surface area contributed by atoms with Crippen molar-refractivity contribution in [3.63, 3.8) is 0 Å². The van der Waals surface area contributed by atoms with Crippen molar-refractivity contribution in [1.82, 2.24) is 0 Å². The quantitative estimate of drug-likeness (QED) is 0.327. The fourth-order valence-electron chi connectivity index (χ4n) is 1.46. The van der Waals surface area contributed by atoms with Gasteiger partial charge in [-0.3, -0.25) is 0 Å². The van der Waals surface area contributed by atoms with Crippen LogP contribution in [-0.4, -0.2) is 22.4 Å². The molecule has 0 bridgehead atoms. The highest BCUT2D eigenvalue weighted by Gasteiger charge is 2.26. The molecule has 0 aliphatic heterocycles. The zero-order valence-electron chi connectivity index (χ0n) is 10.2. The molecule has 2 aromatic rings. The van der Waals surface area contributed by atoms with Crippen LogP contribution in [0.1, 0.15) is 0 Å². The molecule has 0 amide bonds. The van der Waals surface area contributed by atoms with Crippen LogP contribution in [0.2, 0.25) is 0 Å². The molecule has 2 aromatic carbocycles. The summed E-state index contributed by atoms with van der Waals surface area (Å²) in [6, 6.07) is 6.97. The van der Waals surface area contributed by atoms with Gasteiger partial charge < -0.3 is 15.1 Å². The number of benzene rings is 2. The highest BCUT2D eigenvalue weighted by molar-refractivity contribution is 6.30. The summed E-state index contributed by atoms with van der Waals surface area (Å²) < 4.78 is 65.4. The number of halogens is 5. The first-order valence-electron chi connectivity index (χ1n) is 5.38. The minimum absolute atomic E-state index is 0.0692. The van der Waals surface area contributed by atoms with Crippen LogP contribution in [0, 0.1) is 29.1 Å². The van der Waals surface area contributed by atoms with Gasteiger partial charge in [-0.2, -0.15) is 0 Å². The summed E-state index contributed by atoms with van der Waals surface area (Å²) in [5.74, 6) is -9.69. The molecule has 112 valence electrons. The van der Waals surface area contributed by atoms with Crippen LogP contribution < -0.4 is 0 Å². The Balaban J connectivity index is 0.000000491. The van der Waals surface area contributed by atoms with Crippen molar-refractivity contribution in [3.8, 4) is 11.1 Å². The van der Waals surface area contributed by atoms with Gasteiger partial charge >= 0.3 is 7.32 Å². The molecule has 0 aliphatic rings. The molecule has 0 aromatic heterocycles. The van der Waals surface area contributed by atoms with E-state index in [2.05, 4.69) is 0 Å². The zero-order valence-corrected chi connectivity index (χ0v) is 10.2. The van der Waals surface area contributed by atoms with Crippen LogP contribution in [0.5, 0.6) is 0 Å². The third-order valence-corrected chi connectivity index (χ3v) is 2.27. The van der Waals surface area contributed by atoms with Crippen LogP contribution in [0.4, 0.5) is 22.0 Å². The molecule has 0 fully saturated rings. The molecule has 0 heterocycles. The maximum Gasteiger partial charge on any atom is 0.631 e.